The van der Waals surface area contributed by atoms with Crippen molar-refractivity contribution in [1.82, 2.24) is 4.98 Å². The lowest BCUT2D eigenvalue weighted by atomic mass is 10.1. The van der Waals surface area contributed by atoms with E-state index in [1.807, 2.05) is 32.0 Å². The average molecular weight is 254 g/mol. The number of fused-ring (bicyclic) bond motifs is 2. The fourth-order valence-corrected chi connectivity index (χ4v) is 2.21. The minimum absolute atomic E-state index is 0.0414. The van der Waals surface area contributed by atoms with Gasteiger partial charge in [-0.25, -0.2) is 4.98 Å². The van der Waals surface area contributed by atoms with Crippen molar-refractivity contribution in [1.29, 1.82) is 0 Å². The Morgan fingerprint density at radius 3 is 2.89 bits per heavy atom. The summed E-state index contributed by atoms with van der Waals surface area (Å²) in [6, 6.07) is 9.13. The summed E-state index contributed by atoms with van der Waals surface area (Å²) in [5.74, 6) is 0. The molecule has 1 aromatic carbocycles. The molecule has 0 saturated carbocycles. The summed E-state index contributed by atoms with van der Waals surface area (Å²) in [5, 5.41) is 4.29. The van der Waals surface area contributed by atoms with Crippen molar-refractivity contribution in [3.8, 4) is 0 Å². The zero-order valence-electron chi connectivity index (χ0n) is 10.9. The molecule has 0 unspecified atom stereocenters. The number of aryl methyl sites for hydroxylation is 1. The van der Waals surface area contributed by atoms with Crippen LogP contribution in [-0.4, -0.2) is 11.5 Å². The van der Waals surface area contributed by atoms with Crippen molar-refractivity contribution >= 4 is 27.8 Å². The molecule has 0 radical (unpaired) electrons. The Balaban J connectivity index is 2.47. The van der Waals surface area contributed by atoms with Crippen LogP contribution in [0.15, 0.2) is 39.5 Å². The quantitative estimate of drug-likeness (QED) is 0.714. The highest BCUT2D eigenvalue weighted by Crippen LogP contribution is 2.23. The lowest BCUT2D eigenvalue weighted by Gasteiger charge is -2.07. The van der Waals surface area contributed by atoms with Gasteiger partial charge in [-0.15, -0.1) is 0 Å². The largest absolute Gasteiger partial charge is 0.437 e. The third-order valence-electron chi connectivity index (χ3n) is 3.07. The van der Waals surface area contributed by atoms with E-state index in [0.717, 1.165) is 17.9 Å². The Morgan fingerprint density at radius 2 is 2.11 bits per heavy atom. The van der Waals surface area contributed by atoms with Gasteiger partial charge in [-0.2, -0.15) is 0 Å². The molecular formula is C15H14N2O2. The fourth-order valence-electron chi connectivity index (χ4n) is 2.21. The zero-order valence-corrected chi connectivity index (χ0v) is 10.9. The van der Waals surface area contributed by atoms with Crippen molar-refractivity contribution in [2.45, 2.75) is 13.8 Å². The van der Waals surface area contributed by atoms with E-state index < -0.39 is 0 Å². The first-order valence-corrected chi connectivity index (χ1v) is 6.27. The van der Waals surface area contributed by atoms with Gasteiger partial charge in [0.25, 0.3) is 0 Å². The number of anilines is 1. The van der Waals surface area contributed by atoms with E-state index in [0.29, 0.717) is 22.1 Å². The molecule has 3 rings (SSSR count). The molecule has 0 aliphatic rings. The van der Waals surface area contributed by atoms with Crippen LogP contribution in [0.5, 0.6) is 0 Å². The number of aromatic nitrogens is 1. The fraction of sp³-hybridized carbons (Fsp3) is 0.200. The molecule has 19 heavy (non-hydrogen) atoms. The lowest BCUT2D eigenvalue weighted by Crippen LogP contribution is -2.07. The number of nitrogens with zero attached hydrogens (tertiary/aromatic N) is 1. The third-order valence-corrected chi connectivity index (χ3v) is 3.07. The maximum absolute atomic E-state index is 12.6. The van der Waals surface area contributed by atoms with E-state index in [4.69, 9.17) is 4.42 Å². The second-order valence-electron chi connectivity index (χ2n) is 4.45. The topological polar surface area (TPSA) is 55.1 Å². The Hall–Kier alpha value is -2.36. The second kappa shape index (κ2) is 4.39. The molecule has 0 saturated heterocycles. The summed E-state index contributed by atoms with van der Waals surface area (Å²) >= 11 is 0. The SMILES string of the molecule is CCNc1cccc2oc3nc(C)ccc3c(=O)c12. The summed E-state index contributed by atoms with van der Waals surface area (Å²) in [6.45, 7) is 4.62. The molecule has 3 aromatic rings. The minimum atomic E-state index is -0.0414. The van der Waals surface area contributed by atoms with Gasteiger partial charge >= 0.3 is 0 Å². The maximum Gasteiger partial charge on any atom is 0.230 e. The third kappa shape index (κ3) is 1.85. The van der Waals surface area contributed by atoms with Crippen LogP contribution in [-0.2, 0) is 0 Å². The van der Waals surface area contributed by atoms with Gasteiger partial charge in [0.15, 0.2) is 0 Å². The van der Waals surface area contributed by atoms with E-state index in [1.165, 1.54) is 0 Å². The highest BCUT2D eigenvalue weighted by Gasteiger charge is 2.11. The summed E-state index contributed by atoms with van der Waals surface area (Å²) in [6.07, 6.45) is 0. The van der Waals surface area contributed by atoms with Crippen LogP contribution < -0.4 is 10.7 Å². The first-order valence-electron chi connectivity index (χ1n) is 6.27. The normalized spacial score (nSPS) is 11.1. The average Bonchev–Trinajstić information content (AvgIpc) is 2.38. The predicted octanol–water partition coefficient (Wildman–Crippen LogP) is 3.08. The van der Waals surface area contributed by atoms with E-state index in [1.54, 1.807) is 12.1 Å². The smallest absolute Gasteiger partial charge is 0.230 e. The number of benzene rings is 1. The summed E-state index contributed by atoms with van der Waals surface area (Å²) in [7, 11) is 0. The van der Waals surface area contributed by atoms with Crippen molar-refractivity contribution in [3.63, 3.8) is 0 Å². The van der Waals surface area contributed by atoms with Gasteiger partial charge in [-0.1, -0.05) is 6.07 Å². The molecule has 96 valence electrons. The maximum atomic E-state index is 12.6. The monoisotopic (exact) mass is 254 g/mol. The highest BCUT2D eigenvalue weighted by atomic mass is 16.3. The minimum Gasteiger partial charge on any atom is -0.437 e. The van der Waals surface area contributed by atoms with Crippen molar-refractivity contribution in [2.24, 2.45) is 0 Å². The van der Waals surface area contributed by atoms with E-state index in [-0.39, 0.29) is 5.43 Å². The molecule has 0 atom stereocenters. The first-order chi connectivity index (χ1) is 9.20. The second-order valence-corrected chi connectivity index (χ2v) is 4.45. The van der Waals surface area contributed by atoms with Gasteiger partial charge in [0, 0.05) is 17.9 Å². The molecule has 4 heteroatoms. The number of pyridine rings is 1. The number of hydrogen-bond acceptors (Lipinski definition) is 4. The number of hydrogen-bond donors (Lipinski definition) is 1. The molecule has 2 aromatic heterocycles. The molecule has 0 aliphatic heterocycles. The van der Waals surface area contributed by atoms with E-state index in [9.17, 15) is 4.79 Å². The summed E-state index contributed by atoms with van der Waals surface area (Å²) in [4.78, 5) is 16.8. The van der Waals surface area contributed by atoms with Crippen LogP contribution in [0.2, 0.25) is 0 Å². The molecule has 0 amide bonds. The Bertz CT molecular complexity index is 821. The van der Waals surface area contributed by atoms with Gasteiger partial charge in [0.2, 0.25) is 11.1 Å². The number of rotatable bonds is 2. The van der Waals surface area contributed by atoms with Crippen molar-refractivity contribution in [3.05, 3.63) is 46.2 Å². The molecule has 0 aliphatic carbocycles. The molecule has 0 bridgehead atoms. The molecule has 2 heterocycles. The molecule has 0 fully saturated rings. The first kappa shape index (κ1) is 11.7. The van der Waals surface area contributed by atoms with Crippen molar-refractivity contribution in [2.75, 3.05) is 11.9 Å². The van der Waals surface area contributed by atoms with Crippen LogP contribution in [0.1, 0.15) is 12.6 Å². The summed E-state index contributed by atoms with van der Waals surface area (Å²) < 4.78 is 5.74. The van der Waals surface area contributed by atoms with Crippen molar-refractivity contribution < 1.29 is 4.42 Å². The van der Waals surface area contributed by atoms with Gasteiger partial charge in [0.05, 0.1) is 10.8 Å². The van der Waals surface area contributed by atoms with Gasteiger partial charge < -0.3 is 9.73 Å². The molecule has 0 spiro atoms. The summed E-state index contributed by atoms with van der Waals surface area (Å²) in [5.41, 5.74) is 2.55. The Morgan fingerprint density at radius 1 is 1.26 bits per heavy atom. The van der Waals surface area contributed by atoms with Gasteiger partial charge in [-0.05, 0) is 38.1 Å². The van der Waals surface area contributed by atoms with Gasteiger partial charge in [0.1, 0.15) is 5.58 Å². The predicted molar refractivity (Wildman–Crippen MR) is 76.7 cm³/mol. The molecule has 1 N–H and O–H groups in total. The van der Waals surface area contributed by atoms with Gasteiger partial charge in [-0.3, -0.25) is 4.79 Å². The standard InChI is InChI=1S/C15H14N2O2/c1-3-16-11-5-4-6-12-13(11)14(18)10-8-7-9(2)17-15(10)19-12/h4-8,16H,3H2,1-2H3. The van der Waals surface area contributed by atoms with Crippen LogP contribution in [0.4, 0.5) is 5.69 Å². The Kier molecular flexibility index (Phi) is 2.71. The van der Waals surface area contributed by atoms with E-state index in [2.05, 4.69) is 10.3 Å². The molecule has 4 nitrogen and oxygen atoms in total. The van der Waals surface area contributed by atoms with E-state index >= 15 is 0 Å². The lowest BCUT2D eigenvalue weighted by molar-refractivity contribution is 0.643. The highest BCUT2D eigenvalue weighted by molar-refractivity contribution is 5.96. The zero-order chi connectivity index (χ0) is 13.4. The van der Waals surface area contributed by atoms with Crippen LogP contribution in [0.3, 0.4) is 0 Å². The Labute approximate surface area is 110 Å². The number of nitrogens with one attached hydrogen (secondary N) is 1. The molecular weight excluding hydrogens is 240 g/mol. The van der Waals surface area contributed by atoms with Crippen LogP contribution >= 0.6 is 0 Å². The van der Waals surface area contributed by atoms with Crippen LogP contribution in [0.25, 0.3) is 22.1 Å². The van der Waals surface area contributed by atoms with Crippen LogP contribution in [0, 0.1) is 6.92 Å².